The maximum atomic E-state index is 11.5. The van der Waals surface area contributed by atoms with E-state index in [1.165, 1.54) is 0 Å². The van der Waals surface area contributed by atoms with Crippen LogP contribution in [0.1, 0.15) is 0 Å². The zero-order valence-electron chi connectivity index (χ0n) is 5.01. The number of hydrogen-bond acceptors (Lipinski definition) is 3. The van der Waals surface area contributed by atoms with Crippen molar-refractivity contribution in [3.8, 4) is 0 Å². The van der Waals surface area contributed by atoms with Crippen LogP contribution in [0.15, 0.2) is 12.7 Å². The summed E-state index contributed by atoms with van der Waals surface area (Å²) in [6.45, 7) is 1.62. The summed E-state index contributed by atoms with van der Waals surface area (Å²) >= 11 is 0. The Kier molecular flexibility index (Phi) is 2.95. The van der Waals surface area contributed by atoms with Gasteiger partial charge in [-0.25, -0.2) is 4.79 Å². The van der Waals surface area contributed by atoms with Gasteiger partial charge >= 0.3 is 12.1 Å². The average Bonchev–Trinajstić information content (AvgIpc) is 1.81. The van der Waals surface area contributed by atoms with E-state index in [0.29, 0.717) is 0 Å². The molecule has 0 rings (SSSR count). The van der Waals surface area contributed by atoms with Crippen LogP contribution in [0, 0.1) is 0 Å². The molecule has 1 N–H and O–H groups in total. The van der Waals surface area contributed by atoms with Gasteiger partial charge in [0.25, 0.3) is 0 Å². The van der Waals surface area contributed by atoms with Gasteiger partial charge in [-0.15, -0.1) is 0 Å². The maximum absolute atomic E-state index is 11.5. The molecule has 58 valence electrons. The van der Waals surface area contributed by atoms with Crippen molar-refractivity contribution in [2.75, 3.05) is 6.61 Å². The van der Waals surface area contributed by atoms with Crippen molar-refractivity contribution in [1.29, 1.82) is 0 Å². The third-order valence-electron chi connectivity index (χ3n) is 0.555. The predicted octanol–water partition coefficient (Wildman–Crippen LogP) is 0.301. The summed E-state index contributed by atoms with van der Waals surface area (Å²) in [6.07, 6.45) is -3.23. The Balaban J connectivity index is 3.55. The minimum Gasteiger partial charge on any atom is -0.453 e. The predicted molar refractivity (Wildman–Crippen MR) is 28.3 cm³/mol. The van der Waals surface area contributed by atoms with Gasteiger partial charge in [-0.3, -0.25) is 0 Å². The highest BCUT2D eigenvalue weighted by molar-refractivity contribution is 5.81. The molecule has 0 aliphatic heterocycles. The van der Waals surface area contributed by atoms with Gasteiger partial charge < -0.3 is 9.84 Å². The van der Waals surface area contributed by atoms with Crippen LogP contribution in [-0.2, 0) is 9.53 Å². The van der Waals surface area contributed by atoms with Gasteiger partial charge in [0, 0.05) is 6.08 Å². The first-order chi connectivity index (χ1) is 4.45. The van der Waals surface area contributed by atoms with Crippen molar-refractivity contribution in [3.05, 3.63) is 12.7 Å². The fraction of sp³-hybridized carbons (Fsp3) is 0.400. The third-order valence-corrected chi connectivity index (χ3v) is 0.555. The Hall–Kier alpha value is -0.970. The summed E-state index contributed by atoms with van der Waals surface area (Å²) in [5.41, 5.74) is 0. The summed E-state index contributed by atoms with van der Waals surface area (Å²) < 4.78 is 26.7. The van der Waals surface area contributed by atoms with Gasteiger partial charge in [0.2, 0.25) is 0 Å². The number of aliphatic hydroxyl groups is 1. The highest BCUT2D eigenvalue weighted by atomic mass is 19.3. The topological polar surface area (TPSA) is 46.5 Å². The fourth-order valence-corrected chi connectivity index (χ4v) is 0.217. The molecule has 0 aromatic carbocycles. The zero-order chi connectivity index (χ0) is 8.20. The first-order valence-corrected chi connectivity index (χ1v) is 2.35. The van der Waals surface area contributed by atoms with Gasteiger partial charge in [-0.2, -0.15) is 8.78 Å². The number of esters is 1. The zero-order valence-corrected chi connectivity index (χ0v) is 5.01. The quantitative estimate of drug-likeness (QED) is 0.467. The molecule has 0 radical (unpaired) electrons. The molecule has 0 aliphatic rings. The van der Waals surface area contributed by atoms with E-state index in [-0.39, 0.29) is 0 Å². The van der Waals surface area contributed by atoms with E-state index >= 15 is 0 Å². The molecular formula is C5H6F2O3. The molecule has 0 heterocycles. The molecule has 10 heavy (non-hydrogen) atoms. The lowest BCUT2D eigenvalue weighted by atomic mass is 10.6. The average molecular weight is 152 g/mol. The van der Waals surface area contributed by atoms with E-state index in [4.69, 9.17) is 5.11 Å². The maximum Gasteiger partial charge on any atom is 0.387 e. The van der Waals surface area contributed by atoms with Gasteiger partial charge in [-0.1, -0.05) is 6.58 Å². The Morgan fingerprint density at radius 1 is 1.80 bits per heavy atom. The number of carbonyl (C=O) groups excluding carboxylic acids is 1. The standard InChI is InChI=1S/C5H6F2O3/c1-2-4(8)10-3-5(6,7)9/h2,9H,1,3H2. The first-order valence-electron chi connectivity index (χ1n) is 2.35. The highest BCUT2D eigenvalue weighted by Crippen LogP contribution is 2.07. The molecule has 0 amide bonds. The molecule has 0 saturated carbocycles. The number of carbonyl (C=O) groups is 1. The monoisotopic (exact) mass is 152 g/mol. The molecule has 3 nitrogen and oxygen atoms in total. The number of halogens is 2. The lowest BCUT2D eigenvalue weighted by molar-refractivity contribution is -0.229. The van der Waals surface area contributed by atoms with Crippen molar-refractivity contribution in [3.63, 3.8) is 0 Å². The van der Waals surface area contributed by atoms with Crippen LogP contribution in [0.3, 0.4) is 0 Å². The minimum absolute atomic E-state index is 0.728. The van der Waals surface area contributed by atoms with Gasteiger partial charge in [0.1, 0.15) is 0 Å². The normalized spacial score (nSPS) is 10.7. The van der Waals surface area contributed by atoms with Crippen molar-refractivity contribution < 1.29 is 23.4 Å². The Morgan fingerprint density at radius 3 is 2.60 bits per heavy atom. The Morgan fingerprint density at radius 2 is 2.30 bits per heavy atom. The van der Waals surface area contributed by atoms with Crippen LogP contribution >= 0.6 is 0 Å². The molecule has 5 heteroatoms. The number of rotatable bonds is 3. The molecule has 0 aromatic heterocycles. The largest absolute Gasteiger partial charge is 0.453 e. The second kappa shape index (κ2) is 3.26. The second-order valence-electron chi connectivity index (χ2n) is 1.48. The molecule has 0 unspecified atom stereocenters. The molecular weight excluding hydrogens is 146 g/mol. The van der Waals surface area contributed by atoms with E-state index in [0.717, 1.165) is 6.08 Å². The highest BCUT2D eigenvalue weighted by Gasteiger charge is 2.25. The Labute approximate surface area is 55.9 Å². The Bertz CT molecular complexity index is 138. The summed E-state index contributed by atoms with van der Waals surface area (Å²) in [4.78, 5) is 10.1. The van der Waals surface area contributed by atoms with E-state index in [9.17, 15) is 13.6 Å². The first kappa shape index (κ1) is 9.03. The van der Waals surface area contributed by atoms with Gasteiger partial charge in [0.15, 0.2) is 6.61 Å². The van der Waals surface area contributed by atoms with Crippen molar-refractivity contribution >= 4 is 5.97 Å². The minimum atomic E-state index is -3.96. The number of alkyl halides is 2. The second-order valence-corrected chi connectivity index (χ2v) is 1.48. The van der Waals surface area contributed by atoms with Gasteiger partial charge in [-0.05, 0) is 0 Å². The number of hydrogen-bond donors (Lipinski definition) is 1. The van der Waals surface area contributed by atoms with Crippen LogP contribution in [-0.4, -0.2) is 23.8 Å². The van der Waals surface area contributed by atoms with Crippen LogP contribution in [0.2, 0.25) is 0 Å². The summed E-state index contributed by atoms with van der Waals surface area (Å²) in [6, 6.07) is 0. The van der Waals surface area contributed by atoms with E-state index in [1.807, 2.05) is 0 Å². The van der Waals surface area contributed by atoms with Gasteiger partial charge in [0.05, 0.1) is 0 Å². The van der Waals surface area contributed by atoms with Crippen molar-refractivity contribution in [2.45, 2.75) is 6.11 Å². The summed E-state index contributed by atoms with van der Waals surface area (Å²) in [7, 11) is 0. The molecule has 0 spiro atoms. The summed E-state index contributed by atoms with van der Waals surface area (Å²) in [5, 5.41) is 7.72. The van der Waals surface area contributed by atoms with Crippen LogP contribution in [0.5, 0.6) is 0 Å². The molecule has 0 bridgehead atoms. The van der Waals surface area contributed by atoms with Crippen LogP contribution in [0.25, 0.3) is 0 Å². The van der Waals surface area contributed by atoms with Crippen molar-refractivity contribution in [2.24, 2.45) is 0 Å². The number of ether oxygens (including phenoxy) is 1. The van der Waals surface area contributed by atoms with Crippen LogP contribution < -0.4 is 0 Å². The van der Waals surface area contributed by atoms with Crippen molar-refractivity contribution in [1.82, 2.24) is 0 Å². The van der Waals surface area contributed by atoms with E-state index in [2.05, 4.69) is 11.3 Å². The lowest BCUT2D eigenvalue weighted by Crippen LogP contribution is -2.24. The fourth-order valence-electron chi connectivity index (χ4n) is 0.217. The molecule has 0 saturated heterocycles. The SMILES string of the molecule is C=CC(=O)OCC(O)(F)F. The summed E-state index contributed by atoms with van der Waals surface area (Å²) in [5.74, 6) is -0.992. The molecule has 0 atom stereocenters. The molecule has 0 aromatic rings. The van der Waals surface area contributed by atoms with Crippen LogP contribution in [0.4, 0.5) is 8.78 Å². The smallest absolute Gasteiger partial charge is 0.387 e. The van der Waals surface area contributed by atoms with E-state index in [1.54, 1.807) is 0 Å². The molecule has 0 aliphatic carbocycles. The lowest BCUT2D eigenvalue weighted by Gasteiger charge is -2.06. The van der Waals surface area contributed by atoms with E-state index < -0.39 is 18.7 Å². The third kappa shape index (κ3) is 5.17. The molecule has 0 fully saturated rings.